The minimum atomic E-state index is -1.33. The maximum Gasteiger partial charge on any atom is 0.410 e. The SMILES string of the molecule is COC(=O)C(C)(Cc1ccc(O)cc1)NC(=O)OCCN1CCN(C(=O)OC(C)(C)C)CC1. The Morgan fingerprint density at radius 2 is 1.64 bits per heavy atom. The zero-order chi connectivity index (χ0) is 24.6. The molecule has 10 nitrogen and oxygen atoms in total. The number of hydrogen-bond acceptors (Lipinski definition) is 8. The van der Waals surface area contributed by atoms with Gasteiger partial charge >= 0.3 is 18.2 Å². The monoisotopic (exact) mass is 465 g/mol. The predicted octanol–water partition coefficient (Wildman–Crippen LogP) is 2.15. The van der Waals surface area contributed by atoms with Crippen LogP contribution in [0.15, 0.2) is 24.3 Å². The summed E-state index contributed by atoms with van der Waals surface area (Å²) in [5, 5.41) is 12.0. The van der Waals surface area contributed by atoms with Crippen LogP contribution in [-0.2, 0) is 25.4 Å². The molecule has 1 heterocycles. The predicted molar refractivity (Wildman–Crippen MR) is 121 cm³/mol. The Bertz CT molecular complexity index is 814. The van der Waals surface area contributed by atoms with E-state index in [2.05, 4.69) is 10.2 Å². The van der Waals surface area contributed by atoms with Gasteiger partial charge in [0.25, 0.3) is 0 Å². The number of methoxy groups -OCH3 is 1. The van der Waals surface area contributed by atoms with E-state index in [1.165, 1.54) is 19.2 Å². The lowest BCUT2D eigenvalue weighted by atomic mass is 9.93. The topological polar surface area (TPSA) is 118 Å². The van der Waals surface area contributed by atoms with Crippen LogP contribution in [-0.4, -0.2) is 90.6 Å². The first kappa shape index (κ1) is 26.2. The first-order valence-corrected chi connectivity index (χ1v) is 10.9. The number of amides is 2. The standard InChI is InChI=1S/C23H35N3O7/c1-22(2,3)33-21(30)26-12-10-25(11-13-26)14-15-32-20(29)24-23(4,19(28)31-5)16-17-6-8-18(27)9-7-17/h6-9,27H,10-16H2,1-5H3,(H,24,29). The molecule has 0 aliphatic carbocycles. The highest BCUT2D eigenvalue weighted by Crippen LogP contribution is 2.18. The fourth-order valence-corrected chi connectivity index (χ4v) is 3.42. The second-order valence-corrected chi connectivity index (χ2v) is 9.24. The zero-order valence-electron chi connectivity index (χ0n) is 20.1. The lowest BCUT2D eigenvalue weighted by Gasteiger charge is -2.35. The molecule has 0 bridgehead atoms. The summed E-state index contributed by atoms with van der Waals surface area (Å²) < 4.78 is 15.5. The summed E-state index contributed by atoms with van der Waals surface area (Å²) in [5.41, 5.74) is -1.12. The Hall–Kier alpha value is -3.01. The van der Waals surface area contributed by atoms with Crippen LogP contribution < -0.4 is 5.32 Å². The second-order valence-electron chi connectivity index (χ2n) is 9.24. The number of rotatable bonds is 7. The van der Waals surface area contributed by atoms with E-state index in [4.69, 9.17) is 14.2 Å². The number of alkyl carbamates (subject to hydrolysis) is 1. The van der Waals surface area contributed by atoms with Crippen molar-refractivity contribution in [2.75, 3.05) is 46.4 Å². The van der Waals surface area contributed by atoms with Crippen molar-refractivity contribution in [3.63, 3.8) is 0 Å². The van der Waals surface area contributed by atoms with Crippen molar-refractivity contribution >= 4 is 18.2 Å². The number of nitrogens with one attached hydrogen (secondary N) is 1. The number of carbonyl (C=O) groups excluding carboxylic acids is 3. The Morgan fingerprint density at radius 3 is 2.18 bits per heavy atom. The summed E-state index contributed by atoms with van der Waals surface area (Å²) in [6.45, 7) is 10.1. The molecule has 1 atom stereocenters. The number of benzene rings is 1. The van der Waals surface area contributed by atoms with Crippen LogP contribution in [0.1, 0.15) is 33.3 Å². The first-order valence-electron chi connectivity index (χ1n) is 10.9. The van der Waals surface area contributed by atoms with Gasteiger partial charge in [-0.2, -0.15) is 0 Å². The number of piperazine rings is 1. The van der Waals surface area contributed by atoms with Crippen LogP contribution in [0.3, 0.4) is 0 Å². The van der Waals surface area contributed by atoms with Crippen LogP contribution in [0.4, 0.5) is 9.59 Å². The van der Waals surface area contributed by atoms with Crippen LogP contribution in [0.2, 0.25) is 0 Å². The van der Waals surface area contributed by atoms with Gasteiger partial charge in [0.15, 0.2) is 0 Å². The Kier molecular flexibility index (Phi) is 8.92. The van der Waals surface area contributed by atoms with Gasteiger partial charge in [-0.25, -0.2) is 14.4 Å². The fraction of sp³-hybridized carbons (Fsp3) is 0.609. The summed E-state index contributed by atoms with van der Waals surface area (Å²) in [7, 11) is 1.25. The summed E-state index contributed by atoms with van der Waals surface area (Å²) in [5.74, 6) is -0.497. The number of ether oxygens (including phenoxy) is 3. The van der Waals surface area contributed by atoms with E-state index in [0.29, 0.717) is 32.7 Å². The average molecular weight is 466 g/mol. The van der Waals surface area contributed by atoms with E-state index in [1.807, 2.05) is 20.8 Å². The summed E-state index contributed by atoms with van der Waals surface area (Å²) in [4.78, 5) is 40.6. The molecule has 1 saturated heterocycles. The molecule has 0 spiro atoms. The van der Waals surface area contributed by atoms with E-state index in [-0.39, 0.29) is 24.9 Å². The lowest BCUT2D eigenvalue weighted by molar-refractivity contribution is -0.147. The molecule has 10 heteroatoms. The van der Waals surface area contributed by atoms with Gasteiger partial charge in [0.2, 0.25) is 0 Å². The minimum absolute atomic E-state index is 0.109. The van der Waals surface area contributed by atoms with Crippen LogP contribution >= 0.6 is 0 Å². The first-order chi connectivity index (χ1) is 15.4. The Morgan fingerprint density at radius 1 is 1.03 bits per heavy atom. The molecular weight excluding hydrogens is 430 g/mol. The normalized spacial score (nSPS) is 16.5. The smallest absolute Gasteiger partial charge is 0.410 e. The third-order valence-electron chi connectivity index (χ3n) is 5.17. The van der Waals surface area contributed by atoms with Gasteiger partial charge in [-0.05, 0) is 45.4 Å². The zero-order valence-corrected chi connectivity index (χ0v) is 20.1. The highest BCUT2D eigenvalue weighted by atomic mass is 16.6. The molecule has 1 aliphatic rings. The van der Waals surface area contributed by atoms with Gasteiger partial charge in [0, 0.05) is 39.1 Å². The van der Waals surface area contributed by atoms with Crippen LogP contribution in [0, 0.1) is 0 Å². The van der Waals surface area contributed by atoms with Crippen LogP contribution in [0.5, 0.6) is 5.75 Å². The van der Waals surface area contributed by atoms with Gasteiger partial charge in [-0.15, -0.1) is 0 Å². The number of carbonyl (C=O) groups is 3. The molecule has 2 amide bonds. The summed E-state index contributed by atoms with van der Waals surface area (Å²) in [6, 6.07) is 6.35. The van der Waals surface area contributed by atoms with Crippen molar-refractivity contribution in [1.82, 2.24) is 15.1 Å². The molecule has 184 valence electrons. The third-order valence-corrected chi connectivity index (χ3v) is 5.17. The molecule has 0 radical (unpaired) electrons. The maximum absolute atomic E-state index is 12.4. The average Bonchev–Trinajstić information content (AvgIpc) is 2.74. The molecule has 1 fully saturated rings. The van der Waals surface area contributed by atoms with E-state index in [0.717, 1.165) is 5.56 Å². The number of esters is 1. The van der Waals surface area contributed by atoms with Gasteiger partial charge in [-0.3, -0.25) is 4.90 Å². The minimum Gasteiger partial charge on any atom is -0.508 e. The maximum atomic E-state index is 12.4. The number of phenolic OH excluding ortho intramolecular Hbond substituents is 1. The number of hydrogen-bond donors (Lipinski definition) is 2. The molecule has 2 N–H and O–H groups in total. The second kappa shape index (κ2) is 11.2. The molecule has 1 aromatic carbocycles. The Labute approximate surface area is 194 Å². The molecule has 0 aromatic heterocycles. The molecule has 2 rings (SSSR count). The quantitative estimate of drug-likeness (QED) is 0.465. The molecule has 1 aliphatic heterocycles. The lowest BCUT2D eigenvalue weighted by Crippen LogP contribution is -2.55. The van der Waals surface area contributed by atoms with E-state index in [1.54, 1.807) is 24.0 Å². The molecule has 1 unspecified atom stereocenters. The van der Waals surface area contributed by atoms with E-state index >= 15 is 0 Å². The fourth-order valence-electron chi connectivity index (χ4n) is 3.42. The van der Waals surface area contributed by atoms with Crippen molar-refractivity contribution in [3.8, 4) is 5.75 Å². The highest BCUT2D eigenvalue weighted by Gasteiger charge is 2.37. The van der Waals surface area contributed by atoms with Crippen molar-refractivity contribution in [2.45, 2.75) is 45.3 Å². The number of nitrogens with zero attached hydrogens (tertiary/aromatic N) is 2. The third kappa shape index (κ3) is 8.45. The van der Waals surface area contributed by atoms with Gasteiger partial charge < -0.3 is 29.5 Å². The molecule has 33 heavy (non-hydrogen) atoms. The van der Waals surface area contributed by atoms with Crippen LogP contribution in [0.25, 0.3) is 0 Å². The summed E-state index contributed by atoms with van der Waals surface area (Å²) >= 11 is 0. The number of phenols is 1. The Balaban J connectivity index is 1.79. The van der Waals surface area contributed by atoms with Crippen molar-refractivity contribution in [1.29, 1.82) is 0 Å². The van der Waals surface area contributed by atoms with E-state index in [9.17, 15) is 19.5 Å². The molecule has 1 aromatic rings. The van der Waals surface area contributed by atoms with Crippen molar-refractivity contribution < 1.29 is 33.7 Å². The van der Waals surface area contributed by atoms with Gasteiger partial charge in [-0.1, -0.05) is 12.1 Å². The summed E-state index contributed by atoms with van der Waals surface area (Å²) in [6.07, 6.45) is -0.885. The van der Waals surface area contributed by atoms with E-state index < -0.39 is 23.2 Å². The molecule has 0 saturated carbocycles. The number of aromatic hydroxyl groups is 1. The molecular formula is C23H35N3O7. The largest absolute Gasteiger partial charge is 0.508 e. The van der Waals surface area contributed by atoms with Crippen molar-refractivity contribution in [2.24, 2.45) is 0 Å². The van der Waals surface area contributed by atoms with Gasteiger partial charge in [0.1, 0.15) is 23.5 Å². The highest BCUT2D eigenvalue weighted by molar-refractivity contribution is 5.85. The van der Waals surface area contributed by atoms with Gasteiger partial charge in [0.05, 0.1) is 7.11 Å². The van der Waals surface area contributed by atoms with Crippen molar-refractivity contribution in [3.05, 3.63) is 29.8 Å².